The van der Waals surface area contributed by atoms with Gasteiger partial charge in [-0.25, -0.2) is 8.42 Å². The molecule has 0 aliphatic rings. The molecular formula is C10H11Br3O2S. The molecule has 0 N–H and O–H groups in total. The lowest BCUT2D eigenvalue weighted by molar-refractivity contribution is 0.558. The molecule has 0 saturated heterocycles. The van der Waals surface area contributed by atoms with Crippen molar-refractivity contribution in [3.05, 3.63) is 35.9 Å². The Kier molecular flexibility index (Phi) is 4.31. The molecule has 0 aliphatic carbocycles. The van der Waals surface area contributed by atoms with E-state index in [9.17, 15) is 8.42 Å². The number of sulfone groups is 1. The topological polar surface area (TPSA) is 34.1 Å². The van der Waals surface area contributed by atoms with Gasteiger partial charge < -0.3 is 0 Å². The predicted molar refractivity (Wildman–Crippen MR) is 77.9 cm³/mol. The van der Waals surface area contributed by atoms with Crippen LogP contribution in [0.5, 0.6) is 0 Å². The zero-order valence-electron chi connectivity index (χ0n) is 8.75. The van der Waals surface area contributed by atoms with Crippen molar-refractivity contribution in [2.45, 2.75) is 20.1 Å². The van der Waals surface area contributed by atoms with E-state index < -0.39 is 16.1 Å². The first-order valence-electron chi connectivity index (χ1n) is 4.47. The lowest BCUT2D eigenvalue weighted by Gasteiger charge is -2.29. The minimum absolute atomic E-state index is 0.748. The van der Waals surface area contributed by atoms with Crippen molar-refractivity contribution < 1.29 is 8.42 Å². The average Bonchev–Trinajstić information content (AvgIpc) is 2.17. The van der Waals surface area contributed by atoms with E-state index in [2.05, 4.69) is 47.8 Å². The van der Waals surface area contributed by atoms with Gasteiger partial charge in [-0.2, -0.15) is 0 Å². The fourth-order valence-electron chi connectivity index (χ4n) is 1.28. The van der Waals surface area contributed by atoms with Crippen LogP contribution in [0.1, 0.15) is 19.4 Å². The Morgan fingerprint density at radius 1 is 1.00 bits per heavy atom. The molecule has 90 valence electrons. The second kappa shape index (κ2) is 4.71. The van der Waals surface area contributed by atoms with Crippen LogP contribution in [0, 0.1) is 0 Å². The van der Waals surface area contributed by atoms with Crippen molar-refractivity contribution >= 4 is 57.6 Å². The molecule has 0 amide bonds. The molecule has 0 fully saturated rings. The van der Waals surface area contributed by atoms with E-state index in [0.29, 0.717) is 0 Å². The van der Waals surface area contributed by atoms with Crippen LogP contribution >= 0.6 is 47.8 Å². The number of alkyl halides is 3. The summed E-state index contributed by atoms with van der Waals surface area (Å²) < 4.78 is 22.4. The maximum absolute atomic E-state index is 12.3. The van der Waals surface area contributed by atoms with Crippen molar-refractivity contribution in [2.24, 2.45) is 0 Å². The van der Waals surface area contributed by atoms with Crippen LogP contribution < -0.4 is 0 Å². The highest BCUT2D eigenvalue weighted by molar-refractivity contribution is 9.42. The van der Waals surface area contributed by atoms with Gasteiger partial charge in [-0.1, -0.05) is 30.3 Å². The first-order valence-corrected chi connectivity index (χ1v) is 8.33. The van der Waals surface area contributed by atoms with Gasteiger partial charge in [-0.3, -0.25) is 0 Å². The minimum Gasteiger partial charge on any atom is -0.225 e. The van der Waals surface area contributed by atoms with Gasteiger partial charge in [0.05, 0.1) is 4.75 Å². The van der Waals surface area contributed by atoms with Gasteiger partial charge in [0.1, 0.15) is 0 Å². The van der Waals surface area contributed by atoms with E-state index in [-0.39, 0.29) is 0 Å². The molecule has 16 heavy (non-hydrogen) atoms. The van der Waals surface area contributed by atoms with Crippen LogP contribution in [0.2, 0.25) is 0 Å². The molecule has 0 atom stereocenters. The molecule has 0 heterocycles. The smallest absolute Gasteiger partial charge is 0.225 e. The zero-order chi connectivity index (χ0) is 12.6. The van der Waals surface area contributed by atoms with Gasteiger partial charge in [-0.15, -0.1) is 0 Å². The summed E-state index contributed by atoms with van der Waals surface area (Å²) in [4.78, 5) is 0. The van der Waals surface area contributed by atoms with E-state index in [0.717, 1.165) is 5.56 Å². The van der Waals surface area contributed by atoms with Gasteiger partial charge in [0.25, 0.3) is 0 Å². The Labute approximate surface area is 121 Å². The fraction of sp³-hybridized carbons (Fsp3) is 0.400. The highest BCUT2D eigenvalue weighted by Gasteiger charge is 2.48. The van der Waals surface area contributed by atoms with Crippen molar-refractivity contribution in [2.75, 3.05) is 0 Å². The quantitative estimate of drug-likeness (QED) is 0.656. The molecule has 0 saturated carbocycles. The molecule has 0 unspecified atom stereocenters. The van der Waals surface area contributed by atoms with Crippen LogP contribution in [0.4, 0.5) is 0 Å². The summed E-state index contributed by atoms with van der Waals surface area (Å²) in [5, 5.41) is 0. The molecule has 0 aliphatic heterocycles. The van der Waals surface area contributed by atoms with Gasteiger partial charge >= 0.3 is 0 Å². The van der Waals surface area contributed by atoms with Gasteiger partial charge in [0, 0.05) is 0 Å². The van der Waals surface area contributed by atoms with Crippen LogP contribution in [-0.4, -0.2) is 9.89 Å². The monoisotopic (exact) mass is 432 g/mol. The highest BCUT2D eigenvalue weighted by Crippen LogP contribution is 2.48. The van der Waals surface area contributed by atoms with Crippen LogP contribution in [0.15, 0.2) is 30.3 Å². The van der Waals surface area contributed by atoms with Crippen molar-refractivity contribution in [3.8, 4) is 0 Å². The molecule has 0 aromatic heterocycles. The first kappa shape index (κ1) is 14.7. The molecule has 0 radical (unpaired) electrons. The highest BCUT2D eigenvalue weighted by atomic mass is 80.0. The summed E-state index contributed by atoms with van der Waals surface area (Å²) in [5.41, 5.74) is 0.748. The maximum Gasteiger partial charge on any atom is 0.235 e. The second-order valence-electron chi connectivity index (χ2n) is 3.83. The summed E-state index contributed by atoms with van der Waals surface area (Å²) >= 11 is 9.24. The van der Waals surface area contributed by atoms with E-state index in [1.165, 1.54) is 0 Å². The van der Waals surface area contributed by atoms with Crippen LogP contribution in [0.3, 0.4) is 0 Å². The standard InChI is InChI=1S/C10H11Br3O2S/c1-9(2,8-6-4-3-5-7-8)16(14,15)10(11,12)13/h3-7H,1-2H3. The van der Waals surface area contributed by atoms with Gasteiger partial charge in [-0.05, 0) is 67.2 Å². The van der Waals surface area contributed by atoms with E-state index in [1.807, 2.05) is 18.2 Å². The third-order valence-corrected chi connectivity index (χ3v) is 8.47. The summed E-state index contributed by atoms with van der Waals surface area (Å²) in [6.45, 7) is 3.35. The van der Waals surface area contributed by atoms with Crippen molar-refractivity contribution in [1.29, 1.82) is 0 Å². The molecular weight excluding hydrogens is 424 g/mol. The number of halogens is 3. The Bertz CT molecular complexity index is 461. The molecule has 6 heteroatoms. The fourth-order valence-corrected chi connectivity index (χ4v) is 5.95. The molecule has 2 nitrogen and oxygen atoms in total. The normalized spacial score (nSPS) is 13.8. The Morgan fingerprint density at radius 3 is 1.81 bits per heavy atom. The predicted octanol–water partition coefficient (Wildman–Crippen LogP) is 4.13. The van der Waals surface area contributed by atoms with Crippen molar-refractivity contribution in [3.63, 3.8) is 0 Å². The Hall–Kier alpha value is 0.610. The lowest BCUT2D eigenvalue weighted by Crippen LogP contribution is -2.37. The zero-order valence-corrected chi connectivity index (χ0v) is 14.3. The summed E-state index contributed by atoms with van der Waals surface area (Å²) in [6, 6.07) is 9.11. The third kappa shape index (κ3) is 2.54. The number of hydrogen-bond donors (Lipinski definition) is 0. The molecule has 0 bridgehead atoms. The number of hydrogen-bond acceptors (Lipinski definition) is 2. The molecule has 1 rings (SSSR count). The van der Waals surface area contributed by atoms with Gasteiger partial charge in [0.2, 0.25) is 1.47 Å². The maximum atomic E-state index is 12.3. The first-order chi connectivity index (χ1) is 7.11. The van der Waals surface area contributed by atoms with Crippen LogP contribution in [0.25, 0.3) is 0 Å². The third-order valence-electron chi connectivity index (χ3n) is 2.45. The van der Waals surface area contributed by atoms with Crippen LogP contribution in [-0.2, 0) is 14.6 Å². The second-order valence-corrected chi connectivity index (χ2v) is 14.8. The Balaban J connectivity index is 3.34. The lowest BCUT2D eigenvalue weighted by atomic mass is 10.0. The number of rotatable bonds is 2. The summed E-state index contributed by atoms with van der Waals surface area (Å²) in [6.07, 6.45) is 0. The SMILES string of the molecule is CC(C)(c1ccccc1)S(=O)(=O)C(Br)(Br)Br. The molecule has 0 spiro atoms. The number of benzene rings is 1. The minimum atomic E-state index is -3.48. The van der Waals surface area contributed by atoms with E-state index in [4.69, 9.17) is 0 Å². The largest absolute Gasteiger partial charge is 0.235 e. The average molecular weight is 435 g/mol. The Morgan fingerprint density at radius 2 is 1.44 bits per heavy atom. The van der Waals surface area contributed by atoms with E-state index in [1.54, 1.807) is 26.0 Å². The summed E-state index contributed by atoms with van der Waals surface area (Å²) in [7, 11) is -3.48. The molecule has 1 aromatic rings. The summed E-state index contributed by atoms with van der Waals surface area (Å²) in [5.74, 6) is 0. The van der Waals surface area contributed by atoms with Gasteiger partial charge in [0.15, 0.2) is 9.84 Å². The van der Waals surface area contributed by atoms with E-state index >= 15 is 0 Å². The molecule has 1 aromatic carbocycles. The van der Waals surface area contributed by atoms with Crippen molar-refractivity contribution in [1.82, 2.24) is 0 Å².